The summed E-state index contributed by atoms with van der Waals surface area (Å²) in [6, 6.07) is 1.81. The first-order valence-corrected chi connectivity index (χ1v) is 4.03. The molecule has 1 aromatic heterocycles. The first-order chi connectivity index (χ1) is 6.40. The molecule has 1 aliphatic rings. The van der Waals surface area contributed by atoms with E-state index in [-0.39, 0.29) is 0 Å². The molecule has 13 heavy (non-hydrogen) atoms. The van der Waals surface area contributed by atoms with Crippen molar-refractivity contribution in [3.8, 4) is 0 Å². The number of aromatic nitrogens is 1. The van der Waals surface area contributed by atoms with Gasteiger partial charge in [0, 0.05) is 17.7 Å². The van der Waals surface area contributed by atoms with Crippen LogP contribution in [-0.2, 0) is 22.6 Å². The van der Waals surface area contributed by atoms with Crippen LogP contribution in [0, 0.1) is 0 Å². The van der Waals surface area contributed by atoms with E-state index >= 15 is 0 Å². The lowest BCUT2D eigenvalue weighted by atomic mass is 10.1. The monoisotopic (exact) mass is 176 g/mol. The van der Waals surface area contributed by atoms with Crippen LogP contribution in [0.25, 0.3) is 0 Å². The van der Waals surface area contributed by atoms with Gasteiger partial charge in [0.15, 0.2) is 0 Å². The highest BCUT2D eigenvalue weighted by Crippen LogP contribution is 2.19. The zero-order valence-corrected chi connectivity index (χ0v) is 6.99. The number of fused-ring (bicyclic) bond motifs is 1. The fourth-order valence-corrected chi connectivity index (χ4v) is 1.34. The van der Waals surface area contributed by atoms with E-state index in [4.69, 9.17) is 4.74 Å². The Balaban J connectivity index is 2.40. The second kappa shape index (κ2) is 3.47. The first kappa shape index (κ1) is 8.10. The fraction of sp³-hybridized carbons (Fsp3) is 0.333. The van der Waals surface area contributed by atoms with E-state index in [0.717, 1.165) is 24.3 Å². The topological polar surface area (TPSA) is 51.5 Å². The number of carbonyl (C=O) groups excluding carboxylic acids is 1. The Morgan fingerprint density at radius 1 is 1.62 bits per heavy atom. The smallest absolute Gasteiger partial charge is 0.240 e. The number of ether oxygens (including phenoxy) is 1. The molecule has 1 aromatic rings. The van der Waals surface area contributed by atoms with Gasteiger partial charge in [-0.25, -0.2) is 4.79 Å². The minimum atomic E-state index is 0.541. The molecule has 4 nitrogen and oxygen atoms in total. The third-order valence-electron chi connectivity index (χ3n) is 1.96. The predicted molar refractivity (Wildman–Crippen MR) is 45.4 cm³/mol. The molecule has 0 bridgehead atoms. The van der Waals surface area contributed by atoms with Crippen molar-refractivity contribution < 1.29 is 9.53 Å². The Kier molecular flexibility index (Phi) is 2.17. The Bertz CT molecular complexity index is 370. The number of rotatable bonds is 1. The standard InChI is InChI=1S/C9H8N2O2/c12-6-11-8-3-7-5-13-2-1-9(7)10-4-8/h3-4H,1-2,5H2. The van der Waals surface area contributed by atoms with E-state index in [1.54, 1.807) is 6.20 Å². The van der Waals surface area contributed by atoms with Crippen LogP contribution < -0.4 is 0 Å². The SMILES string of the molecule is O=C=Nc1cnc2c(c1)COCC2. The molecule has 0 N–H and O–H groups in total. The molecule has 0 fully saturated rings. The predicted octanol–water partition coefficient (Wildman–Crippen LogP) is 1.12. The Morgan fingerprint density at radius 3 is 3.38 bits per heavy atom. The lowest BCUT2D eigenvalue weighted by molar-refractivity contribution is 0.109. The highest BCUT2D eigenvalue weighted by Gasteiger charge is 2.10. The lowest BCUT2D eigenvalue weighted by Crippen LogP contribution is -2.10. The van der Waals surface area contributed by atoms with Crippen LogP contribution in [0.5, 0.6) is 0 Å². The van der Waals surface area contributed by atoms with Crippen LogP contribution >= 0.6 is 0 Å². The maximum atomic E-state index is 9.99. The van der Waals surface area contributed by atoms with Gasteiger partial charge in [0.25, 0.3) is 0 Å². The summed E-state index contributed by atoms with van der Waals surface area (Å²) in [6.07, 6.45) is 3.90. The van der Waals surface area contributed by atoms with Crippen LogP contribution in [0.15, 0.2) is 17.3 Å². The van der Waals surface area contributed by atoms with Gasteiger partial charge in [-0.1, -0.05) is 0 Å². The Hall–Kier alpha value is -1.51. The number of nitrogens with zero attached hydrogens (tertiary/aromatic N) is 2. The zero-order chi connectivity index (χ0) is 9.10. The van der Waals surface area contributed by atoms with Crippen molar-refractivity contribution in [1.82, 2.24) is 4.98 Å². The van der Waals surface area contributed by atoms with E-state index in [2.05, 4.69) is 9.98 Å². The first-order valence-electron chi connectivity index (χ1n) is 4.03. The largest absolute Gasteiger partial charge is 0.376 e. The molecular weight excluding hydrogens is 168 g/mol. The summed E-state index contributed by atoms with van der Waals surface area (Å²) in [5.41, 5.74) is 2.60. The summed E-state index contributed by atoms with van der Waals surface area (Å²) in [5, 5.41) is 0. The molecule has 0 atom stereocenters. The van der Waals surface area contributed by atoms with E-state index < -0.39 is 0 Å². The second-order valence-corrected chi connectivity index (χ2v) is 2.81. The molecule has 1 aliphatic heterocycles. The summed E-state index contributed by atoms with van der Waals surface area (Å²) in [5.74, 6) is 0. The van der Waals surface area contributed by atoms with E-state index in [1.165, 1.54) is 6.08 Å². The van der Waals surface area contributed by atoms with Gasteiger partial charge in [-0.15, -0.1) is 0 Å². The molecule has 0 radical (unpaired) electrons. The number of hydrogen-bond donors (Lipinski definition) is 0. The van der Waals surface area contributed by atoms with Crippen LogP contribution in [0.4, 0.5) is 5.69 Å². The molecule has 4 heteroatoms. The third-order valence-corrected chi connectivity index (χ3v) is 1.96. The lowest BCUT2D eigenvalue weighted by Gasteiger charge is -2.14. The van der Waals surface area contributed by atoms with Crippen molar-refractivity contribution in [3.63, 3.8) is 0 Å². The molecule has 0 saturated heterocycles. The molecule has 0 aliphatic carbocycles. The summed E-state index contributed by atoms with van der Waals surface area (Å²) in [7, 11) is 0. The number of isocyanates is 1. The summed E-state index contributed by atoms with van der Waals surface area (Å²) >= 11 is 0. The van der Waals surface area contributed by atoms with Crippen LogP contribution in [0.2, 0.25) is 0 Å². The summed E-state index contributed by atoms with van der Waals surface area (Å²) in [6.45, 7) is 1.28. The minimum absolute atomic E-state index is 0.541. The fourth-order valence-electron chi connectivity index (χ4n) is 1.34. The number of aliphatic imine (C=N–C) groups is 1. The molecule has 0 saturated carbocycles. The maximum absolute atomic E-state index is 9.99. The Morgan fingerprint density at radius 2 is 2.54 bits per heavy atom. The van der Waals surface area contributed by atoms with Crippen molar-refractivity contribution in [2.75, 3.05) is 6.61 Å². The minimum Gasteiger partial charge on any atom is -0.376 e. The average Bonchev–Trinajstić information content (AvgIpc) is 2.18. The normalized spacial score (nSPS) is 14.5. The van der Waals surface area contributed by atoms with Gasteiger partial charge in [-0.2, -0.15) is 4.99 Å². The van der Waals surface area contributed by atoms with Crippen LogP contribution in [0.1, 0.15) is 11.3 Å². The molecule has 0 aromatic carbocycles. The molecule has 2 heterocycles. The van der Waals surface area contributed by atoms with Crippen molar-refractivity contribution in [1.29, 1.82) is 0 Å². The summed E-state index contributed by atoms with van der Waals surface area (Å²) in [4.78, 5) is 17.7. The van der Waals surface area contributed by atoms with Crippen LogP contribution in [0.3, 0.4) is 0 Å². The quantitative estimate of drug-likeness (QED) is 0.476. The van der Waals surface area contributed by atoms with E-state index in [1.807, 2.05) is 6.07 Å². The highest BCUT2D eigenvalue weighted by atomic mass is 16.5. The average molecular weight is 176 g/mol. The van der Waals surface area contributed by atoms with Gasteiger partial charge >= 0.3 is 0 Å². The van der Waals surface area contributed by atoms with Crippen molar-refractivity contribution in [3.05, 3.63) is 23.5 Å². The zero-order valence-electron chi connectivity index (χ0n) is 6.99. The van der Waals surface area contributed by atoms with E-state index in [0.29, 0.717) is 12.3 Å². The highest BCUT2D eigenvalue weighted by molar-refractivity contribution is 5.49. The van der Waals surface area contributed by atoms with Gasteiger partial charge in [0.2, 0.25) is 6.08 Å². The van der Waals surface area contributed by atoms with E-state index in [9.17, 15) is 4.79 Å². The van der Waals surface area contributed by atoms with Gasteiger partial charge < -0.3 is 4.74 Å². The molecule has 0 amide bonds. The molecule has 66 valence electrons. The van der Waals surface area contributed by atoms with Gasteiger partial charge in [0.05, 0.1) is 25.1 Å². The van der Waals surface area contributed by atoms with Crippen molar-refractivity contribution in [2.24, 2.45) is 4.99 Å². The maximum Gasteiger partial charge on any atom is 0.240 e. The van der Waals surface area contributed by atoms with Gasteiger partial charge in [-0.3, -0.25) is 4.98 Å². The molecule has 0 spiro atoms. The van der Waals surface area contributed by atoms with Crippen LogP contribution in [-0.4, -0.2) is 17.7 Å². The van der Waals surface area contributed by atoms with Gasteiger partial charge in [0.1, 0.15) is 0 Å². The molecular formula is C9H8N2O2. The summed E-state index contributed by atoms with van der Waals surface area (Å²) < 4.78 is 5.25. The molecule has 2 rings (SSSR count). The van der Waals surface area contributed by atoms with Gasteiger partial charge in [-0.05, 0) is 6.07 Å². The van der Waals surface area contributed by atoms with Crippen molar-refractivity contribution in [2.45, 2.75) is 13.0 Å². The number of pyridine rings is 1. The third kappa shape index (κ3) is 1.64. The number of hydrogen-bond acceptors (Lipinski definition) is 4. The second-order valence-electron chi connectivity index (χ2n) is 2.81. The van der Waals surface area contributed by atoms with Crippen molar-refractivity contribution >= 4 is 11.8 Å². The molecule has 0 unspecified atom stereocenters. The Labute approximate surface area is 75.3 Å².